The predicted octanol–water partition coefficient (Wildman–Crippen LogP) is 13.7. The van der Waals surface area contributed by atoms with Gasteiger partial charge in [-0.3, -0.25) is 9.59 Å². The van der Waals surface area contributed by atoms with Crippen LogP contribution in [0.25, 0.3) is 0 Å². The topological polar surface area (TPSA) is 93.1 Å². The number of aliphatic hydroxyl groups excluding tert-OH is 2. The monoisotopic (exact) mass is 783 g/mol. The highest BCUT2D eigenvalue weighted by Gasteiger charge is 2.16. The maximum atomic E-state index is 12.2. The van der Waals surface area contributed by atoms with E-state index in [0.717, 1.165) is 50.9 Å². The lowest BCUT2D eigenvalue weighted by atomic mass is 9.99. The van der Waals surface area contributed by atoms with Crippen molar-refractivity contribution >= 4 is 11.9 Å². The van der Waals surface area contributed by atoms with Crippen LogP contribution in [0.3, 0.4) is 0 Å². The Labute approximate surface area is 345 Å². The SMILES string of the molecule is CC/C=C\C/C=C\C/C=C\C/C=C\C=C/C(O)C/C=C\CCC(=O)OC[C@H](CO)OC(=O)CCCCCCCCCCCCCCCCCCCCC(C)CC. The van der Waals surface area contributed by atoms with Gasteiger partial charge in [-0.15, -0.1) is 0 Å². The fourth-order valence-corrected chi connectivity index (χ4v) is 6.29. The molecule has 0 bridgehead atoms. The maximum Gasteiger partial charge on any atom is 0.306 e. The Morgan fingerprint density at radius 1 is 0.571 bits per heavy atom. The van der Waals surface area contributed by atoms with E-state index in [1.54, 1.807) is 6.08 Å². The molecule has 2 N–H and O–H groups in total. The molecule has 0 aromatic carbocycles. The molecular formula is C50H86O6. The molecule has 2 unspecified atom stereocenters. The van der Waals surface area contributed by atoms with Crippen LogP contribution in [0.2, 0.25) is 0 Å². The van der Waals surface area contributed by atoms with Crippen LogP contribution >= 0.6 is 0 Å². The van der Waals surface area contributed by atoms with Crippen LogP contribution in [0.1, 0.15) is 201 Å². The smallest absolute Gasteiger partial charge is 0.306 e. The van der Waals surface area contributed by atoms with Crippen LogP contribution in [0.5, 0.6) is 0 Å². The predicted molar refractivity (Wildman–Crippen MR) is 239 cm³/mol. The van der Waals surface area contributed by atoms with E-state index in [4.69, 9.17) is 9.47 Å². The molecule has 0 rings (SSSR count). The molecule has 0 aromatic heterocycles. The quantitative estimate of drug-likeness (QED) is 0.0278. The molecule has 0 saturated heterocycles. The zero-order valence-electron chi connectivity index (χ0n) is 36.4. The van der Waals surface area contributed by atoms with E-state index in [0.29, 0.717) is 19.3 Å². The van der Waals surface area contributed by atoms with Crippen molar-refractivity contribution in [1.29, 1.82) is 0 Å². The largest absolute Gasteiger partial charge is 0.462 e. The summed E-state index contributed by atoms with van der Waals surface area (Å²) in [7, 11) is 0. The second-order valence-electron chi connectivity index (χ2n) is 15.5. The summed E-state index contributed by atoms with van der Waals surface area (Å²) in [4.78, 5) is 24.4. The summed E-state index contributed by atoms with van der Waals surface area (Å²) in [5, 5.41) is 19.7. The molecule has 0 saturated carbocycles. The first-order valence-electron chi connectivity index (χ1n) is 23.0. The number of rotatable bonds is 40. The number of hydrogen-bond acceptors (Lipinski definition) is 6. The van der Waals surface area contributed by atoms with Crippen LogP contribution in [0.4, 0.5) is 0 Å². The molecule has 3 atom stereocenters. The highest BCUT2D eigenvalue weighted by atomic mass is 16.6. The van der Waals surface area contributed by atoms with Crippen molar-refractivity contribution < 1.29 is 29.3 Å². The summed E-state index contributed by atoms with van der Waals surface area (Å²) in [5.41, 5.74) is 0. The normalized spacial score (nSPS) is 14.0. The number of esters is 2. The van der Waals surface area contributed by atoms with E-state index in [2.05, 4.69) is 57.2 Å². The van der Waals surface area contributed by atoms with E-state index < -0.39 is 18.2 Å². The first-order chi connectivity index (χ1) is 27.4. The van der Waals surface area contributed by atoms with Gasteiger partial charge in [0.1, 0.15) is 6.61 Å². The second kappa shape index (κ2) is 43.4. The summed E-state index contributed by atoms with van der Waals surface area (Å²) in [6.07, 6.45) is 54.3. The lowest BCUT2D eigenvalue weighted by Crippen LogP contribution is -2.28. The number of allylic oxidation sites excluding steroid dienone is 10. The first-order valence-corrected chi connectivity index (χ1v) is 23.0. The van der Waals surface area contributed by atoms with Gasteiger partial charge in [0, 0.05) is 12.8 Å². The average molecular weight is 783 g/mol. The third-order valence-corrected chi connectivity index (χ3v) is 10.1. The third-order valence-electron chi connectivity index (χ3n) is 10.1. The van der Waals surface area contributed by atoms with Crippen molar-refractivity contribution in [3.63, 3.8) is 0 Å². The number of unbranched alkanes of at least 4 members (excludes halogenated alkanes) is 17. The third kappa shape index (κ3) is 40.9. The van der Waals surface area contributed by atoms with E-state index in [-0.39, 0.29) is 25.6 Å². The maximum absolute atomic E-state index is 12.2. The van der Waals surface area contributed by atoms with Crippen LogP contribution in [-0.4, -0.2) is 47.6 Å². The van der Waals surface area contributed by atoms with Gasteiger partial charge >= 0.3 is 11.9 Å². The van der Waals surface area contributed by atoms with Gasteiger partial charge < -0.3 is 19.7 Å². The molecule has 0 radical (unpaired) electrons. The van der Waals surface area contributed by atoms with Crippen LogP contribution in [0.15, 0.2) is 72.9 Å². The van der Waals surface area contributed by atoms with Gasteiger partial charge in [0.2, 0.25) is 0 Å². The van der Waals surface area contributed by atoms with E-state index in [1.807, 2.05) is 30.4 Å². The van der Waals surface area contributed by atoms with Crippen molar-refractivity contribution in [2.24, 2.45) is 5.92 Å². The zero-order chi connectivity index (χ0) is 41.0. The molecule has 0 amide bonds. The number of carbonyl (C=O) groups excluding carboxylic acids is 2. The van der Waals surface area contributed by atoms with Crippen molar-refractivity contribution in [2.45, 2.75) is 213 Å². The highest BCUT2D eigenvalue weighted by molar-refractivity contribution is 5.70. The summed E-state index contributed by atoms with van der Waals surface area (Å²) >= 11 is 0. The molecule has 0 aliphatic rings. The Morgan fingerprint density at radius 2 is 1.07 bits per heavy atom. The zero-order valence-corrected chi connectivity index (χ0v) is 36.4. The second-order valence-corrected chi connectivity index (χ2v) is 15.5. The summed E-state index contributed by atoms with van der Waals surface area (Å²) in [6.45, 7) is 6.28. The van der Waals surface area contributed by atoms with Gasteiger partial charge in [-0.25, -0.2) is 0 Å². The van der Waals surface area contributed by atoms with Crippen molar-refractivity contribution in [2.75, 3.05) is 13.2 Å². The Bertz CT molecular complexity index is 1050. The van der Waals surface area contributed by atoms with E-state index in [1.165, 1.54) is 109 Å². The van der Waals surface area contributed by atoms with Gasteiger partial charge in [0.15, 0.2) is 6.10 Å². The molecule has 0 aromatic rings. The minimum atomic E-state index is -0.840. The van der Waals surface area contributed by atoms with E-state index in [9.17, 15) is 19.8 Å². The lowest BCUT2D eigenvalue weighted by Gasteiger charge is -2.15. The first kappa shape index (κ1) is 53.3. The average Bonchev–Trinajstić information content (AvgIpc) is 3.20. The highest BCUT2D eigenvalue weighted by Crippen LogP contribution is 2.17. The Hall–Kier alpha value is -2.70. The molecule has 0 spiro atoms. The molecule has 322 valence electrons. The summed E-state index contributed by atoms with van der Waals surface area (Å²) < 4.78 is 10.5. The Balaban J connectivity index is 3.70. The molecule has 6 heteroatoms. The standard InChI is InChI=1S/C50H86O6/c1-4-6-7-8-9-10-11-18-22-25-28-31-35-40-47(52)41-36-33-38-42-49(53)55-45-48(44-51)56-50(54)43-37-32-29-26-23-20-17-15-13-12-14-16-19-21-24-27-30-34-39-46(3)5-2/h6-7,9-10,18,22,28,31,33,35-36,40,46-48,51-52H,4-5,8,11-17,19-21,23-27,29-30,32,34,37-39,41-45H2,1-3H3/b7-6-,10-9-,22-18-,31-28-,36-33-,40-35-/t46?,47?,48-/m0/s1. The Morgan fingerprint density at radius 3 is 1.59 bits per heavy atom. The minimum Gasteiger partial charge on any atom is -0.462 e. The Kier molecular flexibility index (Phi) is 41.3. The molecule has 56 heavy (non-hydrogen) atoms. The van der Waals surface area contributed by atoms with Gasteiger partial charge in [-0.05, 0) is 50.9 Å². The molecule has 0 fully saturated rings. The number of carbonyl (C=O) groups is 2. The fraction of sp³-hybridized carbons (Fsp3) is 0.720. The number of aliphatic hydroxyl groups is 2. The van der Waals surface area contributed by atoms with Crippen LogP contribution < -0.4 is 0 Å². The molecular weight excluding hydrogens is 697 g/mol. The van der Waals surface area contributed by atoms with Gasteiger partial charge in [0.25, 0.3) is 0 Å². The van der Waals surface area contributed by atoms with Crippen molar-refractivity contribution in [3.8, 4) is 0 Å². The molecule has 0 heterocycles. The van der Waals surface area contributed by atoms with Crippen LogP contribution in [-0.2, 0) is 19.1 Å². The van der Waals surface area contributed by atoms with Gasteiger partial charge in [-0.1, -0.05) is 216 Å². The summed E-state index contributed by atoms with van der Waals surface area (Å²) in [5.74, 6) is 0.136. The number of ether oxygens (including phenoxy) is 2. The van der Waals surface area contributed by atoms with Crippen LogP contribution in [0, 0.1) is 5.92 Å². The lowest BCUT2D eigenvalue weighted by molar-refractivity contribution is -0.161. The van der Waals surface area contributed by atoms with Gasteiger partial charge in [-0.2, -0.15) is 0 Å². The number of hydrogen-bond donors (Lipinski definition) is 2. The van der Waals surface area contributed by atoms with Crippen molar-refractivity contribution in [1.82, 2.24) is 0 Å². The molecule has 0 aliphatic heterocycles. The molecule has 0 aliphatic carbocycles. The fourth-order valence-electron chi connectivity index (χ4n) is 6.29. The molecule has 6 nitrogen and oxygen atoms in total. The van der Waals surface area contributed by atoms with Crippen molar-refractivity contribution in [3.05, 3.63) is 72.9 Å². The minimum absolute atomic E-state index is 0.148. The van der Waals surface area contributed by atoms with E-state index >= 15 is 0 Å². The summed E-state index contributed by atoms with van der Waals surface area (Å²) in [6, 6.07) is 0. The van der Waals surface area contributed by atoms with Gasteiger partial charge in [0.05, 0.1) is 12.7 Å².